The number of hydrogen-bond donors (Lipinski definition) is 2. The van der Waals surface area contributed by atoms with Gasteiger partial charge in [-0.05, 0) is 84.8 Å². The second kappa shape index (κ2) is 17.4. The number of rotatable bonds is 12. The molecule has 13 heteroatoms. The molecule has 6 heterocycles. The molecule has 3 fully saturated rings. The van der Waals surface area contributed by atoms with E-state index in [9.17, 15) is 14.4 Å². The van der Waals surface area contributed by atoms with Gasteiger partial charge >= 0.3 is 12.2 Å². The molecule has 0 spiro atoms. The summed E-state index contributed by atoms with van der Waals surface area (Å²) in [5, 5.41) is 5.73. The zero-order chi connectivity index (χ0) is 44.1. The Morgan fingerprint density at radius 1 is 0.746 bits per heavy atom. The molecule has 332 valence electrons. The van der Waals surface area contributed by atoms with E-state index < -0.39 is 18.2 Å². The number of fused-ring (bicyclic) bond motifs is 4. The van der Waals surface area contributed by atoms with Crippen molar-refractivity contribution in [2.45, 2.75) is 109 Å². The topological polar surface area (TPSA) is 143 Å². The molecule has 2 saturated heterocycles. The third kappa shape index (κ3) is 8.15. The van der Waals surface area contributed by atoms with E-state index >= 15 is 0 Å². The first-order valence-corrected chi connectivity index (χ1v) is 22.7. The van der Waals surface area contributed by atoms with E-state index in [1.165, 1.54) is 30.9 Å². The Morgan fingerprint density at radius 3 is 1.89 bits per heavy atom. The van der Waals surface area contributed by atoms with Crippen LogP contribution < -0.4 is 20.1 Å². The lowest BCUT2D eigenvalue weighted by Crippen LogP contribution is -2.53. The molecule has 0 bridgehead atoms. The number of aliphatic imine (C=N–C) groups is 2. The maximum absolute atomic E-state index is 13.7. The van der Waals surface area contributed by atoms with Gasteiger partial charge in [-0.15, -0.1) is 0 Å². The van der Waals surface area contributed by atoms with Crippen LogP contribution >= 0.6 is 0 Å². The molecule has 3 amide bonds. The monoisotopic (exact) mass is 856 g/mol. The molecular formula is C50H60N6O7. The molecule has 0 aromatic heterocycles. The van der Waals surface area contributed by atoms with Crippen molar-refractivity contribution in [2.24, 2.45) is 27.7 Å². The second-order valence-corrected chi connectivity index (χ2v) is 18.6. The average Bonchev–Trinajstić information content (AvgIpc) is 3.75. The van der Waals surface area contributed by atoms with Gasteiger partial charge in [0.05, 0.1) is 32.3 Å². The SMILES string of the molecule is C=C([C@@H](NC(=O)OC)C(C)C)N1CCC[C@H]1C1=NC=C(c2ccc3c(c2)OC(C2CC2)C2=C3COc3cc(C4=CN=C([C@@H]5CCCN5C(=O)[C@@H](NC(=O)OC)C(C)C)C4)ccc32)C1. The highest BCUT2D eigenvalue weighted by molar-refractivity contribution is 6.05. The predicted molar refractivity (Wildman–Crippen MR) is 244 cm³/mol. The fourth-order valence-corrected chi connectivity index (χ4v) is 10.4. The number of allylic oxidation sites excluding steroid dienone is 2. The Morgan fingerprint density at radius 2 is 1.30 bits per heavy atom. The van der Waals surface area contributed by atoms with Crippen molar-refractivity contribution >= 4 is 51.8 Å². The maximum atomic E-state index is 13.7. The summed E-state index contributed by atoms with van der Waals surface area (Å²) < 4.78 is 23.3. The van der Waals surface area contributed by atoms with Crippen LogP contribution in [0.2, 0.25) is 0 Å². The normalized spacial score (nSPS) is 23.4. The van der Waals surface area contributed by atoms with Crippen LogP contribution in [0.1, 0.15) is 101 Å². The quantitative estimate of drug-likeness (QED) is 0.217. The van der Waals surface area contributed by atoms with Crippen LogP contribution in [-0.2, 0) is 14.3 Å². The van der Waals surface area contributed by atoms with Crippen molar-refractivity contribution in [1.82, 2.24) is 20.4 Å². The summed E-state index contributed by atoms with van der Waals surface area (Å²) in [6.45, 7) is 14.4. The van der Waals surface area contributed by atoms with Crippen molar-refractivity contribution < 1.29 is 33.3 Å². The maximum Gasteiger partial charge on any atom is 0.407 e. The third-order valence-corrected chi connectivity index (χ3v) is 13.9. The van der Waals surface area contributed by atoms with E-state index in [4.69, 9.17) is 28.9 Å². The van der Waals surface area contributed by atoms with E-state index in [-0.39, 0.29) is 42.0 Å². The molecule has 9 rings (SSSR count). The predicted octanol–water partition coefficient (Wildman–Crippen LogP) is 8.26. The minimum Gasteiger partial charge on any atom is -0.488 e. The van der Waals surface area contributed by atoms with E-state index in [0.717, 1.165) is 108 Å². The van der Waals surface area contributed by atoms with E-state index in [2.05, 4.69) is 72.4 Å². The zero-order valence-corrected chi connectivity index (χ0v) is 37.4. The molecule has 2 aromatic rings. The average molecular weight is 857 g/mol. The fraction of sp³-hybridized carbons (Fsp3) is 0.500. The number of carbonyl (C=O) groups is 3. The molecule has 2 aromatic carbocycles. The summed E-state index contributed by atoms with van der Waals surface area (Å²) >= 11 is 0. The summed E-state index contributed by atoms with van der Waals surface area (Å²) in [7, 11) is 2.70. The van der Waals surface area contributed by atoms with E-state index in [1.807, 2.05) is 31.1 Å². The lowest BCUT2D eigenvalue weighted by Gasteiger charge is -2.36. The van der Waals surface area contributed by atoms with Gasteiger partial charge in [-0.1, -0.05) is 58.5 Å². The smallest absolute Gasteiger partial charge is 0.407 e. The van der Waals surface area contributed by atoms with Gasteiger partial charge in [-0.3, -0.25) is 14.8 Å². The molecule has 5 atom stereocenters. The largest absolute Gasteiger partial charge is 0.488 e. The first kappa shape index (κ1) is 42.5. The lowest BCUT2D eigenvalue weighted by atomic mass is 9.83. The summed E-state index contributed by atoms with van der Waals surface area (Å²) in [6.07, 6.45) is 10.2. The molecule has 1 saturated carbocycles. The highest BCUT2D eigenvalue weighted by Crippen LogP contribution is 2.52. The van der Waals surface area contributed by atoms with Gasteiger partial charge < -0.3 is 39.4 Å². The molecule has 63 heavy (non-hydrogen) atoms. The zero-order valence-electron chi connectivity index (χ0n) is 37.4. The number of benzene rings is 2. The summed E-state index contributed by atoms with van der Waals surface area (Å²) in [5.74, 6) is 2.16. The molecule has 0 radical (unpaired) electrons. The molecule has 1 unspecified atom stereocenters. The van der Waals surface area contributed by atoms with Crippen molar-refractivity contribution in [3.8, 4) is 11.5 Å². The van der Waals surface area contributed by atoms with Gasteiger partial charge in [0.2, 0.25) is 5.91 Å². The highest BCUT2D eigenvalue weighted by Gasteiger charge is 2.44. The summed E-state index contributed by atoms with van der Waals surface area (Å²) in [5.41, 5.74) is 12.0. The van der Waals surface area contributed by atoms with Gasteiger partial charge in [0, 0.05) is 83.6 Å². The summed E-state index contributed by atoms with van der Waals surface area (Å²) in [4.78, 5) is 52.1. The van der Waals surface area contributed by atoms with E-state index in [1.54, 1.807) is 0 Å². The van der Waals surface area contributed by atoms with Crippen molar-refractivity contribution in [3.63, 3.8) is 0 Å². The lowest BCUT2D eigenvalue weighted by molar-refractivity contribution is -0.134. The number of likely N-dealkylation sites (tertiary alicyclic amines) is 2. The Balaban J connectivity index is 0.893. The highest BCUT2D eigenvalue weighted by atomic mass is 16.5. The van der Waals surface area contributed by atoms with Crippen LogP contribution in [0.15, 0.2) is 71.1 Å². The number of hydrogen-bond acceptors (Lipinski definition) is 10. The first-order chi connectivity index (χ1) is 30.4. The van der Waals surface area contributed by atoms with Gasteiger partial charge in [-0.25, -0.2) is 9.59 Å². The van der Waals surface area contributed by atoms with Crippen LogP contribution in [-0.4, -0.2) is 104 Å². The molecular weight excluding hydrogens is 797 g/mol. The molecule has 2 N–H and O–H groups in total. The Kier molecular flexibility index (Phi) is 11.7. The number of nitrogens with one attached hydrogen (secondary N) is 2. The van der Waals surface area contributed by atoms with Crippen LogP contribution in [0, 0.1) is 17.8 Å². The molecule has 6 aliphatic heterocycles. The van der Waals surface area contributed by atoms with Crippen LogP contribution in [0.4, 0.5) is 9.59 Å². The Hall–Kier alpha value is -5.85. The molecule has 1 aliphatic carbocycles. The number of amides is 3. The van der Waals surface area contributed by atoms with Gasteiger partial charge in [0.1, 0.15) is 30.3 Å². The van der Waals surface area contributed by atoms with Crippen molar-refractivity contribution in [3.05, 3.63) is 83.3 Å². The third-order valence-electron chi connectivity index (χ3n) is 13.9. The van der Waals surface area contributed by atoms with Gasteiger partial charge in [0.25, 0.3) is 0 Å². The number of nitrogens with zero attached hydrogens (tertiary/aromatic N) is 4. The first-order valence-electron chi connectivity index (χ1n) is 22.7. The number of carbonyl (C=O) groups excluding carboxylic acids is 3. The van der Waals surface area contributed by atoms with Crippen LogP contribution in [0.25, 0.3) is 22.3 Å². The fourth-order valence-electron chi connectivity index (χ4n) is 10.4. The summed E-state index contributed by atoms with van der Waals surface area (Å²) in [6, 6.07) is 12.2. The van der Waals surface area contributed by atoms with Crippen molar-refractivity contribution in [1.29, 1.82) is 0 Å². The molecule has 7 aliphatic rings. The van der Waals surface area contributed by atoms with Gasteiger partial charge in [0.15, 0.2) is 0 Å². The van der Waals surface area contributed by atoms with E-state index in [0.29, 0.717) is 25.5 Å². The minimum absolute atomic E-state index is 0.0546. The number of ether oxygens (including phenoxy) is 4. The Labute approximate surface area is 370 Å². The standard InChI is InChI=1S/C50H60N6O7/c1-27(2)45(53-49(58)60-6)29(5)55-18-8-10-40(55)38-20-34(25-51-38)32-14-16-35-37-26-62-42-22-31(15-17-36(42)44(37)47(30-12-13-30)63-43(35)23-32)33-21-39(52-24-33)41-11-9-19-56(41)48(57)46(28(3)4)54-50(59)61-7/h14-17,22-25,27-28,30,40-41,45-47H,5,8-13,18-21,26H2,1-4,6-7H3,(H,53,58)(H,54,59)/t40-,41-,45-,46-,47?/m0/s1. The second-order valence-electron chi connectivity index (χ2n) is 18.6. The molecule has 13 nitrogen and oxygen atoms in total. The Bertz CT molecular complexity index is 2370. The van der Waals surface area contributed by atoms with Crippen molar-refractivity contribution in [2.75, 3.05) is 33.9 Å². The van der Waals surface area contributed by atoms with Crippen LogP contribution in [0.5, 0.6) is 11.5 Å². The number of methoxy groups -OCH3 is 2. The number of alkyl carbamates (subject to hydrolysis) is 2. The minimum atomic E-state index is -0.668. The van der Waals surface area contributed by atoms with Crippen LogP contribution in [0.3, 0.4) is 0 Å². The van der Waals surface area contributed by atoms with Gasteiger partial charge in [-0.2, -0.15) is 0 Å².